The van der Waals surface area contributed by atoms with Gasteiger partial charge in [0.15, 0.2) is 9.84 Å². The van der Waals surface area contributed by atoms with Crippen molar-refractivity contribution in [3.8, 4) is 11.3 Å². The van der Waals surface area contributed by atoms with E-state index in [0.717, 1.165) is 22.0 Å². The molecule has 0 saturated carbocycles. The van der Waals surface area contributed by atoms with Crippen LogP contribution in [0.2, 0.25) is 0 Å². The number of aromatic nitrogens is 2. The van der Waals surface area contributed by atoms with Gasteiger partial charge in [0.05, 0.1) is 16.1 Å². The van der Waals surface area contributed by atoms with Crippen molar-refractivity contribution < 1.29 is 13.2 Å². The molecule has 2 N–H and O–H groups in total. The first-order chi connectivity index (χ1) is 14.3. The Kier molecular flexibility index (Phi) is 5.13. The third-order valence-corrected chi connectivity index (χ3v) is 6.17. The molecule has 30 heavy (non-hydrogen) atoms. The number of nitrogens with zero attached hydrogens (tertiary/aromatic N) is 1. The number of hydrogen-bond acceptors (Lipinski definition) is 4. The summed E-state index contributed by atoms with van der Waals surface area (Å²) >= 11 is 0. The van der Waals surface area contributed by atoms with Gasteiger partial charge in [-0.15, -0.1) is 0 Å². The summed E-state index contributed by atoms with van der Waals surface area (Å²) in [7, 11) is -3.33. The second-order valence-corrected chi connectivity index (χ2v) is 9.26. The van der Waals surface area contributed by atoms with E-state index in [2.05, 4.69) is 15.5 Å². The maximum absolute atomic E-state index is 12.7. The van der Waals surface area contributed by atoms with E-state index in [-0.39, 0.29) is 10.8 Å². The molecule has 1 heterocycles. The molecule has 0 spiro atoms. The summed E-state index contributed by atoms with van der Waals surface area (Å²) in [6.07, 6.45) is 1.17. The Bertz CT molecular complexity index is 1360. The molecule has 0 bridgehead atoms. The van der Waals surface area contributed by atoms with Gasteiger partial charge >= 0.3 is 0 Å². The number of sulfone groups is 1. The number of amides is 1. The lowest BCUT2D eigenvalue weighted by atomic mass is 10.0. The van der Waals surface area contributed by atoms with Gasteiger partial charge in [0.25, 0.3) is 5.91 Å². The van der Waals surface area contributed by atoms with Crippen LogP contribution in [0, 0.1) is 6.92 Å². The van der Waals surface area contributed by atoms with Crippen LogP contribution in [0.1, 0.15) is 21.5 Å². The molecule has 0 aliphatic rings. The molecule has 0 saturated heterocycles. The molecule has 0 aliphatic heterocycles. The van der Waals surface area contributed by atoms with Gasteiger partial charge in [-0.3, -0.25) is 9.89 Å². The minimum atomic E-state index is -3.33. The number of aromatic amines is 1. The van der Waals surface area contributed by atoms with E-state index in [1.165, 1.54) is 6.26 Å². The fourth-order valence-corrected chi connectivity index (χ4v) is 4.00. The molecule has 0 fully saturated rings. The summed E-state index contributed by atoms with van der Waals surface area (Å²) < 4.78 is 23.8. The molecule has 0 aliphatic carbocycles. The largest absolute Gasteiger partial charge is 0.348 e. The standard InChI is InChI=1S/C23H21N3O3S/c1-15-6-3-4-7-18(15)14-24-23(27)17-10-11-21-20(13-17)22(26-25-21)16-8-5-9-19(12-16)30(2,28)29/h3-13H,14H2,1-2H3,(H,24,27)(H,25,26). The van der Waals surface area contributed by atoms with Crippen LogP contribution >= 0.6 is 0 Å². The highest BCUT2D eigenvalue weighted by atomic mass is 32.2. The number of hydrogen-bond donors (Lipinski definition) is 2. The van der Waals surface area contributed by atoms with Crippen molar-refractivity contribution in [3.63, 3.8) is 0 Å². The SMILES string of the molecule is Cc1ccccc1CNC(=O)c1ccc2[nH]nc(-c3cccc(S(C)(=O)=O)c3)c2c1. The Labute approximate surface area is 174 Å². The topological polar surface area (TPSA) is 91.9 Å². The zero-order valence-corrected chi connectivity index (χ0v) is 17.5. The minimum Gasteiger partial charge on any atom is -0.348 e. The van der Waals surface area contributed by atoms with Crippen LogP contribution in [0.25, 0.3) is 22.2 Å². The molecule has 0 unspecified atom stereocenters. The smallest absolute Gasteiger partial charge is 0.251 e. The van der Waals surface area contributed by atoms with Crippen LogP contribution in [-0.2, 0) is 16.4 Å². The molecule has 6 nitrogen and oxygen atoms in total. The van der Waals surface area contributed by atoms with Crippen LogP contribution in [0.3, 0.4) is 0 Å². The van der Waals surface area contributed by atoms with E-state index in [1.807, 2.05) is 31.2 Å². The van der Waals surface area contributed by atoms with Crippen molar-refractivity contribution in [1.82, 2.24) is 15.5 Å². The maximum atomic E-state index is 12.7. The molecule has 3 aromatic carbocycles. The second kappa shape index (κ2) is 7.76. The van der Waals surface area contributed by atoms with Gasteiger partial charge in [0, 0.05) is 29.3 Å². The van der Waals surface area contributed by atoms with E-state index in [0.29, 0.717) is 23.4 Å². The molecule has 4 aromatic rings. The van der Waals surface area contributed by atoms with E-state index in [1.54, 1.807) is 42.5 Å². The molecular formula is C23H21N3O3S. The zero-order valence-electron chi connectivity index (χ0n) is 16.6. The maximum Gasteiger partial charge on any atom is 0.251 e. The van der Waals surface area contributed by atoms with Gasteiger partial charge in [-0.05, 0) is 48.4 Å². The number of carbonyl (C=O) groups excluding carboxylic acids is 1. The lowest BCUT2D eigenvalue weighted by Crippen LogP contribution is -2.23. The predicted molar refractivity (Wildman–Crippen MR) is 117 cm³/mol. The van der Waals surface area contributed by atoms with Crippen LogP contribution < -0.4 is 5.32 Å². The van der Waals surface area contributed by atoms with Crippen LogP contribution in [0.15, 0.2) is 71.6 Å². The van der Waals surface area contributed by atoms with Crippen molar-refractivity contribution in [3.05, 3.63) is 83.4 Å². The quantitative estimate of drug-likeness (QED) is 0.514. The average molecular weight is 420 g/mol. The van der Waals surface area contributed by atoms with Gasteiger partial charge in [-0.2, -0.15) is 5.10 Å². The fraction of sp³-hybridized carbons (Fsp3) is 0.130. The Balaban J connectivity index is 1.65. The lowest BCUT2D eigenvalue weighted by molar-refractivity contribution is 0.0951. The first-order valence-corrected chi connectivity index (χ1v) is 11.3. The molecule has 4 rings (SSSR count). The zero-order chi connectivity index (χ0) is 21.3. The molecule has 152 valence electrons. The van der Waals surface area contributed by atoms with E-state index < -0.39 is 9.84 Å². The lowest BCUT2D eigenvalue weighted by Gasteiger charge is -2.08. The van der Waals surface area contributed by atoms with Crippen molar-refractivity contribution in [2.24, 2.45) is 0 Å². The number of benzene rings is 3. The Morgan fingerprint density at radius 2 is 1.83 bits per heavy atom. The highest BCUT2D eigenvalue weighted by Crippen LogP contribution is 2.28. The van der Waals surface area contributed by atoms with E-state index >= 15 is 0 Å². The van der Waals surface area contributed by atoms with Crippen LogP contribution in [0.4, 0.5) is 0 Å². The molecule has 0 atom stereocenters. The molecular weight excluding hydrogens is 398 g/mol. The fourth-order valence-electron chi connectivity index (χ4n) is 3.34. The van der Waals surface area contributed by atoms with Crippen molar-refractivity contribution in [1.29, 1.82) is 0 Å². The highest BCUT2D eigenvalue weighted by molar-refractivity contribution is 7.90. The Hall–Kier alpha value is -3.45. The average Bonchev–Trinajstić information content (AvgIpc) is 3.15. The Morgan fingerprint density at radius 1 is 1.03 bits per heavy atom. The number of H-pyrrole nitrogens is 1. The normalized spacial score (nSPS) is 11.5. The number of fused-ring (bicyclic) bond motifs is 1. The molecule has 1 amide bonds. The molecule has 0 radical (unpaired) electrons. The predicted octanol–water partition coefficient (Wildman–Crippen LogP) is 3.87. The highest BCUT2D eigenvalue weighted by Gasteiger charge is 2.14. The minimum absolute atomic E-state index is 0.183. The summed E-state index contributed by atoms with van der Waals surface area (Å²) in [5.41, 5.74) is 4.73. The summed E-state index contributed by atoms with van der Waals surface area (Å²) in [4.78, 5) is 12.9. The van der Waals surface area contributed by atoms with Crippen LogP contribution in [-0.4, -0.2) is 30.8 Å². The summed E-state index contributed by atoms with van der Waals surface area (Å²) in [6, 6.07) is 19.9. The number of rotatable bonds is 5. The second-order valence-electron chi connectivity index (χ2n) is 7.24. The van der Waals surface area contributed by atoms with Crippen LogP contribution in [0.5, 0.6) is 0 Å². The first-order valence-electron chi connectivity index (χ1n) is 9.44. The number of aryl methyl sites for hydroxylation is 1. The molecule has 7 heteroatoms. The van der Waals surface area contributed by atoms with Gasteiger partial charge < -0.3 is 5.32 Å². The van der Waals surface area contributed by atoms with Gasteiger partial charge in [-0.25, -0.2) is 8.42 Å². The van der Waals surface area contributed by atoms with Crippen molar-refractivity contribution in [2.45, 2.75) is 18.4 Å². The Morgan fingerprint density at radius 3 is 2.60 bits per heavy atom. The van der Waals surface area contributed by atoms with Gasteiger partial charge in [0.2, 0.25) is 0 Å². The summed E-state index contributed by atoms with van der Waals surface area (Å²) in [5, 5.41) is 11.0. The van der Waals surface area contributed by atoms with E-state index in [9.17, 15) is 13.2 Å². The summed E-state index contributed by atoms with van der Waals surface area (Å²) in [6.45, 7) is 2.45. The number of nitrogens with one attached hydrogen (secondary N) is 2. The van der Waals surface area contributed by atoms with E-state index in [4.69, 9.17) is 0 Å². The van der Waals surface area contributed by atoms with Gasteiger partial charge in [-0.1, -0.05) is 36.4 Å². The van der Waals surface area contributed by atoms with Crippen molar-refractivity contribution in [2.75, 3.05) is 6.26 Å². The number of carbonyl (C=O) groups is 1. The third kappa shape index (κ3) is 3.97. The molecule has 1 aromatic heterocycles. The first kappa shape index (κ1) is 19.8. The monoisotopic (exact) mass is 419 g/mol. The van der Waals surface area contributed by atoms with Gasteiger partial charge in [0.1, 0.15) is 0 Å². The third-order valence-electron chi connectivity index (χ3n) is 5.06. The summed E-state index contributed by atoms with van der Waals surface area (Å²) in [5.74, 6) is -0.183. The van der Waals surface area contributed by atoms with Crippen molar-refractivity contribution >= 4 is 26.6 Å².